The van der Waals surface area contributed by atoms with Gasteiger partial charge in [-0.3, -0.25) is 4.79 Å². The number of benzene rings is 2. The number of H-pyrrole nitrogens is 1. The monoisotopic (exact) mass is 355 g/mol. The van der Waals surface area contributed by atoms with Gasteiger partial charge in [0.15, 0.2) is 16.7 Å². The molecule has 0 bridgehead atoms. The first kappa shape index (κ1) is 15.8. The summed E-state index contributed by atoms with van der Waals surface area (Å²) in [5.74, 6) is 1.42. The predicted octanol–water partition coefficient (Wildman–Crippen LogP) is 3.09. The lowest BCUT2D eigenvalue weighted by Gasteiger charge is -2.11. The number of fused-ring (bicyclic) bond motifs is 2. The van der Waals surface area contributed by atoms with Crippen molar-refractivity contribution in [3.63, 3.8) is 0 Å². The zero-order valence-corrected chi connectivity index (χ0v) is 14.4. The number of rotatable bonds is 5. The Kier molecular flexibility index (Phi) is 4.23. The zero-order chi connectivity index (χ0) is 17.2. The summed E-state index contributed by atoms with van der Waals surface area (Å²) in [4.78, 5) is 20.1. The van der Waals surface area contributed by atoms with E-state index in [1.807, 2.05) is 49.4 Å². The number of hydrogen-bond donors (Lipinski definition) is 2. The zero-order valence-electron chi connectivity index (χ0n) is 13.6. The number of carbonyl (C=O) groups is 1. The minimum atomic E-state index is -0.255. The minimum Gasteiger partial charge on any atom is -0.454 e. The first-order valence-corrected chi connectivity index (χ1v) is 8.84. The fourth-order valence-electron chi connectivity index (χ4n) is 2.59. The van der Waals surface area contributed by atoms with E-state index in [0.29, 0.717) is 6.54 Å². The third-order valence-corrected chi connectivity index (χ3v) is 4.91. The van der Waals surface area contributed by atoms with Crippen molar-refractivity contribution in [2.75, 3.05) is 6.79 Å². The molecule has 2 heterocycles. The molecule has 1 unspecified atom stereocenters. The molecule has 0 saturated carbocycles. The maximum atomic E-state index is 12.3. The molecule has 128 valence electrons. The highest BCUT2D eigenvalue weighted by Gasteiger charge is 2.17. The Hall–Kier alpha value is -2.67. The summed E-state index contributed by atoms with van der Waals surface area (Å²) in [6.45, 7) is 2.56. The summed E-state index contributed by atoms with van der Waals surface area (Å²) < 4.78 is 10.6. The highest BCUT2D eigenvalue weighted by Crippen LogP contribution is 2.32. The topological polar surface area (TPSA) is 76.2 Å². The molecule has 7 heteroatoms. The second-order valence-corrected chi connectivity index (χ2v) is 7.05. The standard InChI is InChI=1S/C18H17N3O3S/c1-11(25-18-20-13-4-2-3-5-14(13)21-18)17(22)19-9-12-6-7-15-16(8-12)24-10-23-15/h2-8,11H,9-10H2,1H3,(H,19,22)(H,20,21). The number of hydrogen-bond acceptors (Lipinski definition) is 5. The summed E-state index contributed by atoms with van der Waals surface area (Å²) in [7, 11) is 0. The van der Waals surface area contributed by atoms with Gasteiger partial charge in [0.05, 0.1) is 16.3 Å². The summed E-state index contributed by atoms with van der Waals surface area (Å²) in [5.41, 5.74) is 2.84. The van der Waals surface area contributed by atoms with Crippen molar-refractivity contribution in [2.24, 2.45) is 0 Å². The quantitative estimate of drug-likeness (QED) is 0.688. The molecule has 3 aromatic rings. The van der Waals surface area contributed by atoms with Gasteiger partial charge in [-0.05, 0) is 36.8 Å². The normalized spacial score (nSPS) is 13.8. The lowest BCUT2D eigenvalue weighted by Crippen LogP contribution is -2.30. The molecule has 6 nitrogen and oxygen atoms in total. The summed E-state index contributed by atoms with van der Waals surface area (Å²) in [5, 5.41) is 3.43. The van der Waals surface area contributed by atoms with Crippen LogP contribution in [0.5, 0.6) is 11.5 Å². The lowest BCUT2D eigenvalue weighted by molar-refractivity contribution is -0.120. The van der Waals surface area contributed by atoms with Crippen LogP contribution >= 0.6 is 11.8 Å². The van der Waals surface area contributed by atoms with Crippen molar-refractivity contribution in [2.45, 2.75) is 23.9 Å². The number of aromatic amines is 1. The number of imidazole rings is 1. The van der Waals surface area contributed by atoms with Crippen molar-refractivity contribution < 1.29 is 14.3 Å². The van der Waals surface area contributed by atoms with Crippen LogP contribution in [-0.2, 0) is 11.3 Å². The smallest absolute Gasteiger partial charge is 0.233 e. The number of nitrogens with zero attached hydrogens (tertiary/aromatic N) is 1. The molecule has 25 heavy (non-hydrogen) atoms. The van der Waals surface area contributed by atoms with Crippen molar-refractivity contribution in [1.29, 1.82) is 0 Å². The number of ether oxygens (including phenoxy) is 2. The molecule has 1 aliphatic rings. The molecule has 0 aliphatic carbocycles. The molecule has 0 fully saturated rings. The third kappa shape index (κ3) is 3.41. The van der Waals surface area contributed by atoms with Gasteiger partial charge < -0.3 is 19.8 Å². The fraction of sp³-hybridized carbons (Fsp3) is 0.222. The van der Waals surface area contributed by atoms with Crippen LogP contribution in [0, 0.1) is 0 Å². The van der Waals surface area contributed by atoms with E-state index in [1.165, 1.54) is 11.8 Å². The van der Waals surface area contributed by atoms with Gasteiger partial charge in [0.2, 0.25) is 12.7 Å². The van der Waals surface area contributed by atoms with E-state index >= 15 is 0 Å². The number of carbonyl (C=O) groups excluding carboxylic acids is 1. The Morgan fingerprint density at radius 3 is 3.00 bits per heavy atom. The molecule has 2 N–H and O–H groups in total. The van der Waals surface area contributed by atoms with E-state index in [-0.39, 0.29) is 18.0 Å². The van der Waals surface area contributed by atoms with E-state index in [4.69, 9.17) is 9.47 Å². The summed E-state index contributed by atoms with van der Waals surface area (Å²) >= 11 is 1.41. The summed E-state index contributed by atoms with van der Waals surface area (Å²) in [6, 6.07) is 13.5. The molecule has 1 atom stereocenters. The lowest BCUT2D eigenvalue weighted by atomic mass is 10.2. The van der Waals surface area contributed by atoms with Crippen molar-refractivity contribution in [3.05, 3.63) is 48.0 Å². The van der Waals surface area contributed by atoms with Gasteiger partial charge in [-0.15, -0.1) is 0 Å². The molecule has 4 rings (SSSR count). The number of amides is 1. The molecule has 2 aromatic carbocycles. The maximum absolute atomic E-state index is 12.3. The van der Waals surface area contributed by atoms with Gasteiger partial charge in [-0.1, -0.05) is 30.0 Å². The summed E-state index contributed by atoms with van der Waals surface area (Å²) in [6.07, 6.45) is 0. The third-order valence-electron chi connectivity index (χ3n) is 3.93. The van der Waals surface area contributed by atoms with E-state index in [9.17, 15) is 4.79 Å². The van der Waals surface area contributed by atoms with Crippen molar-refractivity contribution in [1.82, 2.24) is 15.3 Å². The van der Waals surface area contributed by atoms with Gasteiger partial charge in [0.1, 0.15) is 0 Å². The minimum absolute atomic E-state index is 0.0388. The number of aromatic nitrogens is 2. The molecule has 0 radical (unpaired) electrons. The molecule has 1 aromatic heterocycles. The molecule has 1 aliphatic heterocycles. The van der Waals surface area contributed by atoms with E-state index in [1.54, 1.807) is 0 Å². The second-order valence-electron chi connectivity index (χ2n) is 5.72. The molecule has 1 amide bonds. The Morgan fingerprint density at radius 2 is 2.12 bits per heavy atom. The van der Waals surface area contributed by atoms with E-state index < -0.39 is 0 Å². The van der Waals surface area contributed by atoms with Crippen molar-refractivity contribution in [3.8, 4) is 11.5 Å². The largest absolute Gasteiger partial charge is 0.454 e. The highest BCUT2D eigenvalue weighted by atomic mass is 32.2. The average Bonchev–Trinajstić information content (AvgIpc) is 3.24. The first-order chi connectivity index (χ1) is 12.2. The van der Waals surface area contributed by atoms with Crippen LogP contribution in [0.3, 0.4) is 0 Å². The molecule has 0 saturated heterocycles. The van der Waals surface area contributed by atoms with Crippen molar-refractivity contribution >= 4 is 28.7 Å². The van der Waals surface area contributed by atoms with Crippen LogP contribution in [0.2, 0.25) is 0 Å². The van der Waals surface area contributed by atoms with Crippen LogP contribution < -0.4 is 14.8 Å². The van der Waals surface area contributed by atoms with Crippen LogP contribution in [0.15, 0.2) is 47.6 Å². The first-order valence-electron chi connectivity index (χ1n) is 7.97. The van der Waals surface area contributed by atoms with Crippen LogP contribution in [0.25, 0.3) is 11.0 Å². The SMILES string of the molecule is CC(Sc1nc2ccccc2[nH]1)C(=O)NCc1ccc2c(c1)OCO2. The number of para-hydroxylation sites is 2. The average molecular weight is 355 g/mol. The number of thioether (sulfide) groups is 1. The Balaban J connectivity index is 1.35. The maximum Gasteiger partial charge on any atom is 0.233 e. The van der Waals surface area contributed by atoms with Crippen LogP contribution in [0.1, 0.15) is 12.5 Å². The Labute approximate surface area is 148 Å². The van der Waals surface area contributed by atoms with Gasteiger partial charge in [-0.2, -0.15) is 0 Å². The van der Waals surface area contributed by atoms with Gasteiger partial charge in [0.25, 0.3) is 0 Å². The molecule has 0 spiro atoms. The van der Waals surface area contributed by atoms with Crippen LogP contribution in [0.4, 0.5) is 0 Å². The Bertz CT molecular complexity index is 892. The van der Waals surface area contributed by atoms with Gasteiger partial charge in [0, 0.05) is 6.54 Å². The Morgan fingerprint density at radius 1 is 1.28 bits per heavy atom. The van der Waals surface area contributed by atoms with E-state index in [2.05, 4.69) is 15.3 Å². The van der Waals surface area contributed by atoms with Crippen LogP contribution in [-0.4, -0.2) is 27.9 Å². The second kappa shape index (κ2) is 6.68. The molecular weight excluding hydrogens is 338 g/mol. The van der Waals surface area contributed by atoms with E-state index in [0.717, 1.165) is 33.3 Å². The predicted molar refractivity (Wildman–Crippen MR) is 95.8 cm³/mol. The van der Waals surface area contributed by atoms with Gasteiger partial charge >= 0.3 is 0 Å². The van der Waals surface area contributed by atoms with Gasteiger partial charge in [-0.25, -0.2) is 4.98 Å². The highest BCUT2D eigenvalue weighted by molar-refractivity contribution is 8.00. The fourth-order valence-corrected chi connectivity index (χ4v) is 3.44. The number of nitrogens with one attached hydrogen (secondary N) is 2. The molecular formula is C18H17N3O3S.